The molecule has 0 aromatic rings. The van der Waals surface area contributed by atoms with E-state index in [0.717, 1.165) is 6.92 Å². The van der Waals surface area contributed by atoms with E-state index in [9.17, 15) is 22.8 Å². The molecule has 0 aliphatic rings. The molecular weight excluding hydrogens is 219 g/mol. The highest BCUT2D eigenvalue weighted by Gasteiger charge is 2.40. The lowest BCUT2D eigenvalue weighted by atomic mass is 9.86. The fraction of sp³-hybridized carbons (Fsp3) is 0.714. The number of amides is 1. The number of carbonyl (C=O) groups is 2. The van der Waals surface area contributed by atoms with Gasteiger partial charge in [0.2, 0.25) is 5.91 Å². The molecule has 88 valence electrons. The molecule has 3 N–H and O–H groups in total. The van der Waals surface area contributed by atoms with Crippen LogP contribution in [0.3, 0.4) is 0 Å². The van der Waals surface area contributed by atoms with Gasteiger partial charge in [-0.1, -0.05) is 0 Å². The van der Waals surface area contributed by atoms with Crippen LogP contribution in [-0.2, 0) is 14.3 Å². The fourth-order valence-corrected chi connectivity index (χ4v) is 0.706. The normalized spacial score (nSPS) is 15.7. The van der Waals surface area contributed by atoms with Crippen LogP contribution in [-0.4, -0.2) is 30.0 Å². The van der Waals surface area contributed by atoms with Crippen LogP contribution in [0.1, 0.15) is 13.3 Å². The minimum atomic E-state index is -4.85. The zero-order valence-electron chi connectivity index (χ0n) is 7.80. The number of carbonyl (C=O) groups excluding carboxylic acids is 1. The van der Waals surface area contributed by atoms with Gasteiger partial charge in [0.15, 0.2) is 0 Å². The van der Waals surface area contributed by atoms with Crippen LogP contribution in [0, 0.1) is 5.41 Å². The van der Waals surface area contributed by atoms with E-state index in [1.54, 1.807) is 0 Å². The van der Waals surface area contributed by atoms with E-state index in [-0.39, 0.29) is 0 Å². The van der Waals surface area contributed by atoms with Gasteiger partial charge >= 0.3 is 12.3 Å². The van der Waals surface area contributed by atoms with E-state index in [2.05, 4.69) is 4.74 Å². The van der Waals surface area contributed by atoms with E-state index in [4.69, 9.17) is 10.8 Å². The third-order valence-corrected chi connectivity index (χ3v) is 1.88. The van der Waals surface area contributed by atoms with Crippen molar-refractivity contribution in [2.24, 2.45) is 11.1 Å². The smallest absolute Gasteiger partial charge is 0.480 e. The van der Waals surface area contributed by atoms with Crippen LogP contribution in [0.5, 0.6) is 0 Å². The molecule has 1 atom stereocenters. The fourth-order valence-electron chi connectivity index (χ4n) is 0.706. The Morgan fingerprint density at radius 2 is 1.87 bits per heavy atom. The first-order valence-corrected chi connectivity index (χ1v) is 3.83. The predicted molar refractivity (Wildman–Crippen MR) is 41.6 cm³/mol. The topological polar surface area (TPSA) is 89.6 Å². The monoisotopic (exact) mass is 229 g/mol. The Morgan fingerprint density at radius 1 is 1.40 bits per heavy atom. The number of rotatable bonds is 5. The Labute approximate surface area is 83.0 Å². The first kappa shape index (κ1) is 13.7. The Balaban J connectivity index is 4.34. The predicted octanol–water partition coefficient (Wildman–Crippen LogP) is 0.489. The highest BCUT2D eigenvalue weighted by atomic mass is 19.4. The molecule has 0 heterocycles. The molecule has 0 rings (SSSR count). The van der Waals surface area contributed by atoms with Crippen molar-refractivity contribution in [1.29, 1.82) is 0 Å². The van der Waals surface area contributed by atoms with Crippen molar-refractivity contribution in [3.8, 4) is 0 Å². The number of hydrogen-bond acceptors (Lipinski definition) is 3. The SMILES string of the molecule is CC(CCOC(F)(F)F)(C(N)=O)C(=O)O. The maximum absolute atomic E-state index is 11.5. The van der Waals surface area contributed by atoms with Gasteiger partial charge in [0.05, 0.1) is 6.61 Å². The number of aliphatic carboxylic acids is 1. The van der Waals surface area contributed by atoms with Crippen molar-refractivity contribution >= 4 is 11.9 Å². The highest BCUT2D eigenvalue weighted by molar-refractivity contribution is 6.00. The summed E-state index contributed by atoms with van der Waals surface area (Å²) >= 11 is 0. The lowest BCUT2D eigenvalue weighted by Gasteiger charge is -2.20. The molecule has 0 bridgehead atoms. The van der Waals surface area contributed by atoms with Gasteiger partial charge in [-0.3, -0.25) is 14.3 Å². The molecule has 8 heteroatoms. The van der Waals surface area contributed by atoms with Crippen LogP contribution in [0.4, 0.5) is 13.2 Å². The summed E-state index contributed by atoms with van der Waals surface area (Å²) in [7, 11) is 0. The average Bonchev–Trinajstić information content (AvgIpc) is 2.00. The van der Waals surface area contributed by atoms with Gasteiger partial charge in [-0.2, -0.15) is 0 Å². The van der Waals surface area contributed by atoms with Crippen molar-refractivity contribution in [3.05, 3.63) is 0 Å². The summed E-state index contributed by atoms with van der Waals surface area (Å²) in [5, 5.41) is 8.59. The molecule has 15 heavy (non-hydrogen) atoms. The van der Waals surface area contributed by atoms with Gasteiger partial charge in [-0.05, 0) is 13.3 Å². The number of alkyl halides is 3. The molecule has 1 amide bonds. The molecule has 0 radical (unpaired) electrons. The van der Waals surface area contributed by atoms with Crippen molar-refractivity contribution in [2.45, 2.75) is 19.7 Å². The third-order valence-electron chi connectivity index (χ3n) is 1.88. The number of ether oxygens (including phenoxy) is 1. The van der Waals surface area contributed by atoms with Crippen LogP contribution in [0.25, 0.3) is 0 Å². The second-order valence-electron chi connectivity index (χ2n) is 3.05. The zero-order chi connectivity index (χ0) is 12.3. The van der Waals surface area contributed by atoms with Crippen LogP contribution in [0.2, 0.25) is 0 Å². The quantitative estimate of drug-likeness (QED) is 0.671. The van der Waals surface area contributed by atoms with Crippen molar-refractivity contribution in [3.63, 3.8) is 0 Å². The van der Waals surface area contributed by atoms with E-state index in [1.165, 1.54) is 0 Å². The van der Waals surface area contributed by atoms with Gasteiger partial charge in [0.1, 0.15) is 5.41 Å². The molecule has 0 saturated carbocycles. The molecule has 0 aromatic carbocycles. The third kappa shape index (κ3) is 4.15. The summed E-state index contributed by atoms with van der Waals surface area (Å²) in [6, 6.07) is 0. The summed E-state index contributed by atoms with van der Waals surface area (Å²) in [5.41, 5.74) is 2.71. The Hall–Kier alpha value is -1.31. The molecule has 5 nitrogen and oxygen atoms in total. The Kier molecular flexibility index (Phi) is 4.08. The number of halogens is 3. The first-order chi connectivity index (χ1) is 6.59. The maximum Gasteiger partial charge on any atom is 0.522 e. The lowest BCUT2D eigenvalue weighted by molar-refractivity contribution is -0.325. The van der Waals surface area contributed by atoms with Crippen LogP contribution < -0.4 is 5.73 Å². The molecule has 0 aromatic heterocycles. The number of hydrogen-bond donors (Lipinski definition) is 2. The van der Waals surface area contributed by atoms with E-state index in [1.807, 2.05) is 0 Å². The number of nitrogens with two attached hydrogens (primary N) is 1. The number of carboxylic acids is 1. The minimum Gasteiger partial charge on any atom is -0.480 e. The lowest BCUT2D eigenvalue weighted by Crippen LogP contribution is -2.42. The molecule has 0 aliphatic carbocycles. The zero-order valence-corrected chi connectivity index (χ0v) is 7.80. The van der Waals surface area contributed by atoms with E-state index in [0.29, 0.717) is 0 Å². The van der Waals surface area contributed by atoms with Crippen molar-refractivity contribution < 1.29 is 32.6 Å². The van der Waals surface area contributed by atoms with Gasteiger partial charge < -0.3 is 10.8 Å². The van der Waals surface area contributed by atoms with Crippen molar-refractivity contribution in [1.82, 2.24) is 0 Å². The summed E-state index contributed by atoms with van der Waals surface area (Å²) in [4.78, 5) is 21.3. The van der Waals surface area contributed by atoms with Gasteiger partial charge in [0.25, 0.3) is 0 Å². The van der Waals surface area contributed by atoms with Gasteiger partial charge in [-0.25, -0.2) is 0 Å². The molecule has 0 fully saturated rings. The number of carboxylic acid groups (broad SMARTS) is 1. The van der Waals surface area contributed by atoms with Crippen molar-refractivity contribution in [2.75, 3.05) is 6.61 Å². The molecular formula is C7H10F3NO4. The van der Waals surface area contributed by atoms with Gasteiger partial charge in [-0.15, -0.1) is 13.2 Å². The minimum absolute atomic E-state index is 0.642. The average molecular weight is 229 g/mol. The summed E-state index contributed by atoms with van der Waals surface area (Å²) in [5.74, 6) is -2.79. The molecule has 1 unspecified atom stereocenters. The summed E-state index contributed by atoms with van der Waals surface area (Å²) < 4.78 is 38.0. The largest absolute Gasteiger partial charge is 0.522 e. The number of primary amides is 1. The standard InChI is InChI=1S/C7H10F3NO4/c1-6(4(11)12,5(13)14)2-3-15-7(8,9)10/h2-3H2,1H3,(H2,11,12)(H,13,14). The maximum atomic E-state index is 11.5. The summed E-state index contributed by atoms with van der Waals surface area (Å²) in [6.45, 7) is 0.00659. The van der Waals surface area contributed by atoms with E-state index < -0.39 is 36.7 Å². The van der Waals surface area contributed by atoms with Crippen LogP contribution in [0.15, 0.2) is 0 Å². The molecule has 0 spiro atoms. The second-order valence-corrected chi connectivity index (χ2v) is 3.05. The first-order valence-electron chi connectivity index (χ1n) is 3.83. The molecule has 0 aliphatic heterocycles. The Morgan fingerprint density at radius 3 is 2.13 bits per heavy atom. The van der Waals surface area contributed by atoms with Gasteiger partial charge in [0, 0.05) is 0 Å². The second kappa shape index (κ2) is 4.47. The Bertz CT molecular complexity index is 249. The summed E-state index contributed by atoms with van der Waals surface area (Å²) in [6.07, 6.45) is -5.49. The highest BCUT2D eigenvalue weighted by Crippen LogP contribution is 2.24. The van der Waals surface area contributed by atoms with Crippen LogP contribution >= 0.6 is 0 Å². The molecule has 0 saturated heterocycles. The van der Waals surface area contributed by atoms with E-state index >= 15 is 0 Å².